The molecule has 1 heterocycles. The maximum Gasteiger partial charge on any atom is 0.0720 e. The van der Waals surface area contributed by atoms with E-state index in [0.717, 1.165) is 11.1 Å². The summed E-state index contributed by atoms with van der Waals surface area (Å²) in [5.41, 5.74) is 2.73. The lowest BCUT2D eigenvalue weighted by molar-refractivity contribution is 0.0949. The zero-order valence-corrected chi connectivity index (χ0v) is 12.3. The Morgan fingerprint density at radius 1 is 1.26 bits per heavy atom. The highest BCUT2D eigenvalue weighted by atomic mass is 16.5. The highest BCUT2D eigenvalue weighted by Gasteiger charge is 2.48. The smallest absolute Gasteiger partial charge is 0.0720 e. The van der Waals surface area contributed by atoms with E-state index in [2.05, 4.69) is 34.6 Å². The molecule has 104 valence electrons. The minimum atomic E-state index is -2.84. The lowest BCUT2D eigenvalue weighted by atomic mass is 9.71. The van der Waals surface area contributed by atoms with Crippen LogP contribution in [0.25, 0.3) is 0 Å². The highest BCUT2D eigenvalue weighted by Crippen LogP contribution is 2.54. The van der Waals surface area contributed by atoms with Gasteiger partial charge in [0.25, 0.3) is 0 Å². The second kappa shape index (κ2) is 3.85. The Bertz CT molecular complexity index is 734. The summed E-state index contributed by atoms with van der Waals surface area (Å²) >= 11 is 0. The highest BCUT2D eigenvalue weighted by molar-refractivity contribution is 5.51. The van der Waals surface area contributed by atoms with Crippen molar-refractivity contribution >= 4 is 0 Å². The van der Waals surface area contributed by atoms with Gasteiger partial charge in [-0.25, -0.2) is 0 Å². The first-order chi connectivity index (χ1) is 11.1. The summed E-state index contributed by atoms with van der Waals surface area (Å²) in [5, 5.41) is 0. The zero-order valence-electron chi connectivity index (χ0n) is 18.3. The van der Waals surface area contributed by atoms with Gasteiger partial charge in [-0.2, -0.15) is 0 Å². The first-order valence-electron chi connectivity index (χ1n) is 9.91. The van der Waals surface area contributed by atoms with Crippen LogP contribution >= 0.6 is 0 Å². The lowest BCUT2D eigenvalue weighted by Gasteiger charge is -2.32. The number of hydrogen-bond acceptors (Lipinski definition) is 1. The van der Waals surface area contributed by atoms with Crippen LogP contribution in [-0.4, -0.2) is 6.56 Å². The van der Waals surface area contributed by atoms with Crippen LogP contribution in [0.5, 0.6) is 0 Å². The van der Waals surface area contributed by atoms with Gasteiger partial charge in [-0.15, -0.1) is 0 Å². The molecule has 1 aromatic carbocycles. The van der Waals surface area contributed by atoms with Crippen molar-refractivity contribution in [1.29, 1.82) is 0 Å². The molecule has 0 spiro atoms. The number of rotatable bonds is 0. The second-order valence-electron chi connectivity index (χ2n) is 6.99. The van der Waals surface area contributed by atoms with Gasteiger partial charge in [0.15, 0.2) is 0 Å². The van der Waals surface area contributed by atoms with E-state index >= 15 is 0 Å². The molecule has 1 aliphatic carbocycles. The average molecular weight is 264 g/mol. The quantitative estimate of drug-likeness (QED) is 0.669. The van der Waals surface area contributed by atoms with E-state index in [9.17, 15) is 0 Å². The van der Waals surface area contributed by atoms with Crippen molar-refractivity contribution in [3.05, 3.63) is 34.4 Å². The Morgan fingerprint density at radius 2 is 1.89 bits per heavy atom. The summed E-state index contributed by atoms with van der Waals surface area (Å²) in [6, 6.07) is 3.72. The Kier molecular flexibility index (Phi) is 1.59. The van der Waals surface area contributed by atoms with Gasteiger partial charge in [0.05, 0.1) is 15.9 Å². The minimum absolute atomic E-state index is 0.0167. The van der Waals surface area contributed by atoms with Crippen LogP contribution in [0.2, 0.25) is 0 Å². The maximum absolute atomic E-state index is 8.64. The first kappa shape index (κ1) is 7.83. The molecule has 19 heavy (non-hydrogen) atoms. The summed E-state index contributed by atoms with van der Waals surface area (Å²) in [5.74, 6) is -2.13. The molecule has 1 aliphatic heterocycles. The van der Waals surface area contributed by atoms with Crippen molar-refractivity contribution in [2.75, 3.05) is 6.56 Å². The summed E-state index contributed by atoms with van der Waals surface area (Å²) in [6.07, 6.45) is 0. The molecule has 2 atom stereocenters. The molecule has 0 fully saturated rings. The number of hydrogen-bond donors (Lipinski definition) is 0. The monoisotopic (exact) mass is 264 g/mol. The number of benzene rings is 1. The van der Waals surface area contributed by atoms with Crippen LogP contribution in [-0.2, 0) is 22.2 Å². The average Bonchev–Trinajstić information content (AvgIpc) is 2.59. The number of ether oxygens (including phenoxy) is 1. The van der Waals surface area contributed by atoms with Crippen LogP contribution in [0.4, 0.5) is 0 Å². The zero-order chi connectivity index (χ0) is 19.2. The molecule has 0 bridgehead atoms. The molecule has 2 aliphatic rings. The summed E-state index contributed by atoms with van der Waals surface area (Å²) < 4.78 is 53.6. The van der Waals surface area contributed by atoms with Crippen molar-refractivity contribution in [3.8, 4) is 0 Å². The molecule has 0 N–H and O–H groups in total. The van der Waals surface area contributed by atoms with Crippen LogP contribution in [0, 0.1) is 5.92 Å². The minimum Gasteiger partial charge on any atom is -0.376 e. The fraction of sp³-hybridized carbons (Fsp3) is 0.667. The van der Waals surface area contributed by atoms with Crippen LogP contribution in [0.3, 0.4) is 0 Å². The second-order valence-corrected chi connectivity index (χ2v) is 6.99. The fourth-order valence-corrected chi connectivity index (χ4v) is 3.67. The molecule has 0 amide bonds. The van der Waals surface area contributed by atoms with Crippen molar-refractivity contribution in [1.82, 2.24) is 0 Å². The van der Waals surface area contributed by atoms with Crippen molar-refractivity contribution in [2.45, 2.75) is 64.8 Å². The van der Waals surface area contributed by atoms with E-state index in [-0.39, 0.29) is 23.0 Å². The maximum atomic E-state index is 8.64. The van der Waals surface area contributed by atoms with E-state index in [0.29, 0.717) is 11.5 Å². The van der Waals surface area contributed by atoms with E-state index in [1.807, 2.05) is 6.07 Å². The first-order valence-corrected chi connectivity index (χ1v) is 6.91. The predicted molar refractivity (Wildman–Crippen MR) is 79.7 cm³/mol. The Morgan fingerprint density at radius 3 is 2.53 bits per heavy atom. The third kappa shape index (κ3) is 1.64. The predicted octanol–water partition coefficient (Wildman–Crippen LogP) is 4.53. The molecule has 1 heteroatoms. The largest absolute Gasteiger partial charge is 0.376 e. The third-order valence-corrected chi connectivity index (χ3v) is 5.47. The van der Waals surface area contributed by atoms with Crippen LogP contribution < -0.4 is 0 Å². The molecule has 3 rings (SSSR count). The van der Waals surface area contributed by atoms with E-state index in [4.69, 9.17) is 13.0 Å². The van der Waals surface area contributed by atoms with E-state index in [1.54, 1.807) is 6.07 Å². The topological polar surface area (TPSA) is 9.23 Å². The molecular weight excluding hydrogens is 232 g/mol. The molecule has 1 aromatic rings. The molecule has 0 aromatic heterocycles. The summed E-state index contributed by atoms with van der Waals surface area (Å²) in [7, 11) is 0. The molecule has 2 unspecified atom stereocenters. The Hall–Kier alpha value is -0.820. The van der Waals surface area contributed by atoms with E-state index < -0.39 is 19.3 Å². The van der Waals surface area contributed by atoms with Gasteiger partial charge in [0, 0.05) is 11.4 Å². The fourth-order valence-electron chi connectivity index (χ4n) is 3.67. The summed E-state index contributed by atoms with van der Waals surface area (Å²) in [6.45, 7) is 5.37. The van der Waals surface area contributed by atoms with Gasteiger partial charge in [-0.05, 0) is 39.0 Å². The van der Waals surface area contributed by atoms with Crippen molar-refractivity contribution < 1.29 is 13.0 Å². The van der Waals surface area contributed by atoms with Crippen molar-refractivity contribution in [2.24, 2.45) is 5.92 Å². The Balaban J connectivity index is 2.35. The molecule has 0 saturated heterocycles. The SMILES string of the molecule is [2H]C([2H])([2H])C1([2H])c2cc3c(cc2COC1([2H])[2H])C(C)(C)C(C)C3(C)C. The third-order valence-electron chi connectivity index (χ3n) is 5.47. The van der Waals surface area contributed by atoms with E-state index in [1.165, 1.54) is 0 Å². The standard InChI is InChI=1S/C18H26O/c1-11-9-19-10-13-7-15-16(8-14(11)13)18(5,6)12(2)17(15,3)4/h7-8,11-12H,9-10H2,1-6H3/i1D3,9D2,11D. The lowest BCUT2D eigenvalue weighted by Crippen LogP contribution is -2.30. The van der Waals surface area contributed by atoms with Crippen LogP contribution in [0.15, 0.2) is 12.1 Å². The van der Waals surface area contributed by atoms with Gasteiger partial charge in [0.2, 0.25) is 0 Å². The summed E-state index contributed by atoms with van der Waals surface area (Å²) in [4.78, 5) is 0. The molecule has 1 nitrogen and oxygen atoms in total. The molecule has 0 saturated carbocycles. The molecular formula is C18H26O. The van der Waals surface area contributed by atoms with Gasteiger partial charge in [-0.1, -0.05) is 53.6 Å². The van der Waals surface area contributed by atoms with Gasteiger partial charge < -0.3 is 4.74 Å². The Labute approximate surface area is 125 Å². The molecule has 0 radical (unpaired) electrons. The van der Waals surface area contributed by atoms with Gasteiger partial charge >= 0.3 is 0 Å². The van der Waals surface area contributed by atoms with Gasteiger partial charge in [0.1, 0.15) is 0 Å². The number of fused-ring (bicyclic) bond motifs is 2. The van der Waals surface area contributed by atoms with Crippen molar-refractivity contribution in [3.63, 3.8) is 0 Å². The van der Waals surface area contributed by atoms with Gasteiger partial charge in [-0.3, -0.25) is 0 Å². The van der Waals surface area contributed by atoms with Crippen LogP contribution in [0.1, 0.15) is 77.8 Å². The normalized spacial score (nSPS) is 42.7.